The molecule has 2 heterocycles. The summed E-state index contributed by atoms with van der Waals surface area (Å²) in [6.07, 6.45) is 0. The predicted octanol–water partition coefficient (Wildman–Crippen LogP) is 2.50. The van der Waals surface area contributed by atoms with E-state index in [2.05, 4.69) is 4.98 Å². The van der Waals surface area contributed by atoms with Crippen LogP contribution < -0.4 is 10.5 Å². The van der Waals surface area contributed by atoms with E-state index in [4.69, 9.17) is 10.5 Å². The predicted molar refractivity (Wildman–Crippen MR) is 82.1 cm³/mol. The summed E-state index contributed by atoms with van der Waals surface area (Å²) in [6.45, 7) is 2.10. The maximum absolute atomic E-state index is 11.3. The Labute approximate surface area is 126 Å². The smallest absolute Gasteiger partial charge is 0.356 e. The highest BCUT2D eigenvalue weighted by Crippen LogP contribution is 2.20. The number of carboxylic acid groups (broad SMARTS) is 1. The molecule has 3 N–H and O–H groups in total. The molecule has 0 bridgehead atoms. The molecule has 22 heavy (non-hydrogen) atoms. The average Bonchev–Trinajstić information content (AvgIpc) is 2.86. The Morgan fingerprint density at radius 3 is 2.82 bits per heavy atom. The van der Waals surface area contributed by atoms with Crippen LogP contribution in [-0.4, -0.2) is 20.5 Å². The van der Waals surface area contributed by atoms with Crippen LogP contribution in [0.3, 0.4) is 0 Å². The first-order valence-electron chi connectivity index (χ1n) is 6.75. The number of nitrogen functional groups attached to an aromatic ring is 1. The van der Waals surface area contributed by atoms with Crippen molar-refractivity contribution in [3.63, 3.8) is 0 Å². The molecule has 3 aromatic rings. The van der Waals surface area contributed by atoms with Gasteiger partial charge in [-0.15, -0.1) is 0 Å². The van der Waals surface area contributed by atoms with Gasteiger partial charge in [0.25, 0.3) is 0 Å². The third-order valence-electron chi connectivity index (χ3n) is 3.32. The van der Waals surface area contributed by atoms with Crippen molar-refractivity contribution in [2.75, 3.05) is 5.73 Å². The van der Waals surface area contributed by atoms with Gasteiger partial charge in [0, 0.05) is 0 Å². The molecule has 2 aromatic heterocycles. The van der Waals surface area contributed by atoms with Crippen LogP contribution in [0.15, 0.2) is 42.5 Å². The summed E-state index contributed by atoms with van der Waals surface area (Å²) in [6, 6.07) is 12.7. The minimum atomic E-state index is -1.09. The van der Waals surface area contributed by atoms with Crippen LogP contribution in [0.1, 0.15) is 21.9 Å². The molecule has 0 radical (unpaired) electrons. The Bertz CT molecular complexity index is 855. The Balaban J connectivity index is 1.98. The maximum atomic E-state index is 11.3. The van der Waals surface area contributed by atoms with E-state index in [0.29, 0.717) is 22.9 Å². The molecule has 0 aliphatic rings. The maximum Gasteiger partial charge on any atom is 0.356 e. The highest BCUT2D eigenvalue weighted by molar-refractivity contribution is 5.94. The number of benzene rings is 1. The summed E-state index contributed by atoms with van der Waals surface area (Å²) < 4.78 is 7.29. The summed E-state index contributed by atoms with van der Waals surface area (Å²) >= 11 is 0. The van der Waals surface area contributed by atoms with Gasteiger partial charge in [-0.3, -0.25) is 4.40 Å². The zero-order valence-corrected chi connectivity index (χ0v) is 12.0. The molecule has 0 saturated heterocycles. The van der Waals surface area contributed by atoms with Gasteiger partial charge >= 0.3 is 5.97 Å². The standard InChI is InChI=1S/C16H15N3O3/c1-10-4-2-5-11(8-10)22-9-14-18-15(16(20)21)12-6-3-7-13(17)19(12)14/h2-8H,9,17H2,1H3,(H,20,21). The molecule has 0 saturated carbocycles. The normalized spacial score (nSPS) is 10.8. The van der Waals surface area contributed by atoms with Crippen molar-refractivity contribution in [3.05, 3.63) is 59.5 Å². The first-order chi connectivity index (χ1) is 10.6. The number of ether oxygens (including phenoxy) is 1. The second-order valence-corrected chi connectivity index (χ2v) is 4.96. The monoisotopic (exact) mass is 297 g/mol. The van der Waals surface area contributed by atoms with Crippen molar-refractivity contribution in [1.29, 1.82) is 0 Å². The van der Waals surface area contributed by atoms with Crippen molar-refractivity contribution < 1.29 is 14.6 Å². The molecule has 0 atom stereocenters. The average molecular weight is 297 g/mol. The molecule has 0 amide bonds. The van der Waals surface area contributed by atoms with Gasteiger partial charge < -0.3 is 15.6 Å². The Kier molecular flexibility index (Phi) is 3.42. The Morgan fingerprint density at radius 1 is 1.32 bits per heavy atom. The largest absolute Gasteiger partial charge is 0.486 e. The van der Waals surface area contributed by atoms with E-state index in [1.165, 1.54) is 0 Å². The third-order valence-corrected chi connectivity index (χ3v) is 3.32. The van der Waals surface area contributed by atoms with Crippen LogP contribution in [0, 0.1) is 6.92 Å². The topological polar surface area (TPSA) is 89.8 Å². The van der Waals surface area contributed by atoms with Crippen LogP contribution in [0.4, 0.5) is 5.82 Å². The molecular weight excluding hydrogens is 282 g/mol. The number of aryl methyl sites for hydroxylation is 1. The Hall–Kier alpha value is -3.02. The summed E-state index contributed by atoms with van der Waals surface area (Å²) in [4.78, 5) is 15.4. The van der Waals surface area contributed by atoms with Crippen LogP contribution in [-0.2, 0) is 6.61 Å². The zero-order valence-electron chi connectivity index (χ0n) is 12.0. The van der Waals surface area contributed by atoms with E-state index in [1.54, 1.807) is 22.6 Å². The molecule has 0 fully saturated rings. The van der Waals surface area contributed by atoms with Gasteiger partial charge in [-0.2, -0.15) is 0 Å². The van der Waals surface area contributed by atoms with Crippen LogP contribution >= 0.6 is 0 Å². The summed E-state index contributed by atoms with van der Waals surface area (Å²) in [5.41, 5.74) is 7.44. The van der Waals surface area contributed by atoms with E-state index >= 15 is 0 Å². The van der Waals surface area contributed by atoms with Crippen LogP contribution in [0.2, 0.25) is 0 Å². The fourth-order valence-corrected chi connectivity index (χ4v) is 2.34. The van der Waals surface area contributed by atoms with Crippen molar-refractivity contribution >= 4 is 17.3 Å². The lowest BCUT2D eigenvalue weighted by Crippen LogP contribution is -2.05. The molecule has 0 aliphatic carbocycles. The van der Waals surface area contributed by atoms with E-state index in [9.17, 15) is 9.90 Å². The number of nitrogens with zero attached hydrogens (tertiary/aromatic N) is 2. The number of aromatic nitrogens is 2. The van der Waals surface area contributed by atoms with Gasteiger partial charge in [-0.25, -0.2) is 9.78 Å². The lowest BCUT2D eigenvalue weighted by molar-refractivity contribution is 0.0693. The number of hydrogen-bond donors (Lipinski definition) is 2. The van der Waals surface area contributed by atoms with Crippen molar-refractivity contribution in [2.24, 2.45) is 0 Å². The number of imidazole rings is 1. The number of pyridine rings is 1. The van der Waals surface area contributed by atoms with Crippen molar-refractivity contribution in [1.82, 2.24) is 9.38 Å². The molecule has 1 aromatic carbocycles. The summed E-state index contributed by atoms with van der Waals surface area (Å²) in [5, 5.41) is 9.25. The van der Waals surface area contributed by atoms with Gasteiger partial charge in [0.05, 0.1) is 5.52 Å². The van der Waals surface area contributed by atoms with Crippen molar-refractivity contribution in [2.45, 2.75) is 13.5 Å². The molecule has 0 spiro atoms. The van der Waals surface area contributed by atoms with E-state index in [-0.39, 0.29) is 12.3 Å². The molecule has 3 rings (SSSR count). The highest BCUT2D eigenvalue weighted by atomic mass is 16.5. The number of aromatic carboxylic acids is 1. The molecule has 112 valence electrons. The number of nitrogens with two attached hydrogens (primary N) is 1. The van der Waals surface area contributed by atoms with Gasteiger partial charge in [-0.05, 0) is 36.8 Å². The fourth-order valence-electron chi connectivity index (χ4n) is 2.34. The van der Waals surface area contributed by atoms with E-state index in [1.807, 2.05) is 31.2 Å². The van der Waals surface area contributed by atoms with Gasteiger partial charge in [-0.1, -0.05) is 18.2 Å². The zero-order chi connectivity index (χ0) is 15.7. The van der Waals surface area contributed by atoms with Gasteiger partial charge in [0.1, 0.15) is 18.2 Å². The summed E-state index contributed by atoms with van der Waals surface area (Å²) in [7, 11) is 0. The first-order valence-corrected chi connectivity index (χ1v) is 6.75. The second-order valence-electron chi connectivity index (χ2n) is 4.96. The lowest BCUT2D eigenvalue weighted by Gasteiger charge is -2.07. The second kappa shape index (κ2) is 5.40. The minimum absolute atomic E-state index is 0.0323. The summed E-state index contributed by atoms with van der Waals surface area (Å²) in [5.74, 6) is 0.473. The van der Waals surface area contributed by atoms with Crippen LogP contribution in [0.5, 0.6) is 5.75 Å². The number of carboxylic acids is 1. The van der Waals surface area contributed by atoms with Gasteiger partial charge in [0.2, 0.25) is 0 Å². The van der Waals surface area contributed by atoms with Crippen LogP contribution in [0.25, 0.3) is 5.52 Å². The Morgan fingerprint density at radius 2 is 2.09 bits per heavy atom. The third kappa shape index (κ3) is 2.46. The van der Waals surface area contributed by atoms with E-state index in [0.717, 1.165) is 5.56 Å². The molecule has 0 unspecified atom stereocenters. The fraction of sp³-hybridized carbons (Fsp3) is 0.125. The molecule has 6 nitrogen and oxygen atoms in total. The quantitative estimate of drug-likeness (QED) is 0.772. The SMILES string of the molecule is Cc1cccc(OCc2nc(C(=O)O)c3cccc(N)n23)c1. The number of anilines is 1. The molecule has 0 aliphatic heterocycles. The molecule has 6 heteroatoms. The lowest BCUT2D eigenvalue weighted by atomic mass is 10.2. The number of rotatable bonds is 4. The molecular formula is C16H15N3O3. The van der Waals surface area contributed by atoms with E-state index < -0.39 is 5.97 Å². The van der Waals surface area contributed by atoms with Gasteiger partial charge in [0.15, 0.2) is 11.5 Å². The number of carbonyl (C=O) groups is 1. The highest BCUT2D eigenvalue weighted by Gasteiger charge is 2.18. The first kappa shape index (κ1) is 13.9. The minimum Gasteiger partial charge on any atom is -0.486 e. The van der Waals surface area contributed by atoms with Crippen molar-refractivity contribution in [3.8, 4) is 5.75 Å². The number of fused-ring (bicyclic) bond motifs is 1. The number of hydrogen-bond acceptors (Lipinski definition) is 4.